The van der Waals surface area contributed by atoms with Crippen LogP contribution in [0.4, 0.5) is 0 Å². The lowest BCUT2D eigenvalue weighted by Gasteiger charge is -2.15. The van der Waals surface area contributed by atoms with Gasteiger partial charge in [-0.2, -0.15) is 0 Å². The average Bonchev–Trinajstić information content (AvgIpc) is 2.36. The summed E-state index contributed by atoms with van der Waals surface area (Å²) in [6.07, 6.45) is 1.73. The molecular weight excluding hydrogens is 310 g/mol. The van der Waals surface area contributed by atoms with Gasteiger partial charge in [-0.25, -0.2) is 0 Å². The highest BCUT2D eigenvalue weighted by atomic mass is 79.9. The van der Waals surface area contributed by atoms with Crippen molar-refractivity contribution in [2.45, 2.75) is 13.3 Å². The summed E-state index contributed by atoms with van der Waals surface area (Å²) in [5.74, 6) is 1.26. The lowest BCUT2D eigenvalue weighted by Crippen LogP contribution is -2.15. The van der Waals surface area contributed by atoms with Gasteiger partial charge >= 0.3 is 0 Å². The van der Waals surface area contributed by atoms with Crippen LogP contribution in [0.15, 0.2) is 16.6 Å². The Hall–Kier alpha value is -1.07. The van der Waals surface area contributed by atoms with Crippen LogP contribution in [0.1, 0.15) is 23.7 Å². The summed E-state index contributed by atoms with van der Waals surface area (Å²) in [6.45, 7) is 4.01. The van der Waals surface area contributed by atoms with Crippen LogP contribution in [-0.2, 0) is 0 Å². The predicted molar refractivity (Wildman–Crippen MR) is 79.4 cm³/mol. The maximum atomic E-state index is 10.8. The highest BCUT2D eigenvalue weighted by Crippen LogP contribution is 2.36. The van der Waals surface area contributed by atoms with Gasteiger partial charge in [-0.1, -0.05) is 0 Å². The smallest absolute Gasteiger partial charge is 0.175 e. The molecule has 0 spiro atoms. The Morgan fingerprint density at radius 1 is 1.32 bits per heavy atom. The summed E-state index contributed by atoms with van der Waals surface area (Å²) in [6, 6.07) is 3.43. The van der Waals surface area contributed by atoms with Gasteiger partial charge in [0.05, 0.1) is 17.7 Å². The van der Waals surface area contributed by atoms with Gasteiger partial charge < -0.3 is 14.4 Å². The van der Waals surface area contributed by atoms with Crippen LogP contribution >= 0.6 is 15.9 Å². The van der Waals surface area contributed by atoms with Crippen molar-refractivity contribution in [2.24, 2.45) is 0 Å². The zero-order valence-electron chi connectivity index (χ0n) is 11.6. The van der Waals surface area contributed by atoms with Gasteiger partial charge in [-0.15, -0.1) is 0 Å². The Morgan fingerprint density at radius 2 is 2.05 bits per heavy atom. The second kappa shape index (κ2) is 8.17. The minimum absolute atomic E-state index is 0.531. The van der Waals surface area contributed by atoms with Crippen molar-refractivity contribution >= 4 is 22.2 Å². The fourth-order valence-corrected chi connectivity index (χ4v) is 2.19. The highest BCUT2D eigenvalue weighted by molar-refractivity contribution is 9.10. The largest absolute Gasteiger partial charge is 0.490 e. The van der Waals surface area contributed by atoms with Crippen molar-refractivity contribution in [2.75, 3.05) is 33.9 Å². The van der Waals surface area contributed by atoms with E-state index in [2.05, 4.69) is 20.8 Å². The average molecular weight is 330 g/mol. The minimum atomic E-state index is 0.531. The van der Waals surface area contributed by atoms with Gasteiger partial charge in [-0.05, 0) is 55.5 Å². The molecule has 0 aromatic heterocycles. The van der Waals surface area contributed by atoms with Crippen LogP contribution in [-0.4, -0.2) is 45.0 Å². The molecule has 19 heavy (non-hydrogen) atoms. The van der Waals surface area contributed by atoms with Crippen LogP contribution in [0.2, 0.25) is 0 Å². The second-order valence-corrected chi connectivity index (χ2v) is 5.24. The van der Waals surface area contributed by atoms with Gasteiger partial charge in [0.2, 0.25) is 0 Å². The maximum Gasteiger partial charge on any atom is 0.175 e. The molecule has 0 aliphatic rings. The molecule has 0 aliphatic heterocycles. The van der Waals surface area contributed by atoms with E-state index in [9.17, 15) is 4.79 Å². The molecule has 1 aromatic rings. The molecule has 0 unspecified atom stereocenters. The van der Waals surface area contributed by atoms with Crippen molar-refractivity contribution in [1.82, 2.24) is 4.90 Å². The highest BCUT2D eigenvalue weighted by Gasteiger charge is 2.12. The molecule has 1 rings (SSSR count). The number of nitrogens with zero attached hydrogens (tertiary/aromatic N) is 1. The van der Waals surface area contributed by atoms with E-state index in [1.807, 2.05) is 21.0 Å². The Labute approximate surface area is 122 Å². The Balaban J connectivity index is 2.76. The van der Waals surface area contributed by atoms with E-state index >= 15 is 0 Å². The van der Waals surface area contributed by atoms with Crippen molar-refractivity contribution in [3.63, 3.8) is 0 Å². The Bertz CT molecular complexity index is 421. The summed E-state index contributed by atoms with van der Waals surface area (Å²) >= 11 is 3.42. The molecule has 5 heteroatoms. The molecule has 0 N–H and O–H groups in total. The van der Waals surface area contributed by atoms with Gasteiger partial charge in [0.25, 0.3) is 0 Å². The minimum Gasteiger partial charge on any atom is -0.490 e. The van der Waals surface area contributed by atoms with Crippen molar-refractivity contribution in [3.05, 3.63) is 22.2 Å². The number of hydrogen-bond acceptors (Lipinski definition) is 4. The molecular formula is C14H20BrNO3. The van der Waals surface area contributed by atoms with Crippen LogP contribution in [0.25, 0.3) is 0 Å². The van der Waals surface area contributed by atoms with E-state index < -0.39 is 0 Å². The first-order chi connectivity index (χ1) is 9.08. The van der Waals surface area contributed by atoms with Crippen LogP contribution in [0, 0.1) is 0 Å². The number of halogens is 1. The molecule has 0 atom stereocenters. The second-order valence-electron chi connectivity index (χ2n) is 4.39. The summed E-state index contributed by atoms with van der Waals surface area (Å²) in [4.78, 5) is 12.9. The van der Waals surface area contributed by atoms with E-state index in [1.165, 1.54) is 0 Å². The van der Waals surface area contributed by atoms with Crippen molar-refractivity contribution in [1.29, 1.82) is 0 Å². The van der Waals surface area contributed by atoms with Crippen LogP contribution in [0.5, 0.6) is 11.5 Å². The third-order valence-corrected chi connectivity index (χ3v) is 3.05. The fraction of sp³-hybridized carbons (Fsp3) is 0.500. The SMILES string of the molecule is CCOc1cc(C=O)cc(Br)c1OCCCN(C)C. The number of carbonyl (C=O) groups is 1. The molecule has 0 saturated carbocycles. The molecule has 0 fully saturated rings. The molecule has 106 valence electrons. The molecule has 0 radical (unpaired) electrons. The molecule has 0 heterocycles. The summed E-state index contributed by atoms with van der Waals surface area (Å²) in [5.41, 5.74) is 0.566. The number of carbonyl (C=O) groups excluding carboxylic acids is 1. The zero-order chi connectivity index (χ0) is 14.3. The number of benzene rings is 1. The third-order valence-electron chi connectivity index (χ3n) is 2.46. The molecule has 0 saturated heterocycles. The van der Waals surface area contributed by atoms with Crippen molar-refractivity contribution < 1.29 is 14.3 Å². The molecule has 0 aliphatic carbocycles. The standard InChI is InChI=1S/C14H20BrNO3/c1-4-18-13-9-11(10-17)8-12(15)14(13)19-7-5-6-16(2)3/h8-10H,4-7H2,1-3H3. The van der Waals surface area contributed by atoms with E-state index in [4.69, 9.17) is 9.47 Å². The molecule has 4 nitrogen and oxygen atoms in total. The van der Waals surface area contributed by atoms with E-state index in [0.29, 0.717) is 30.3 Å². The first-order valence-corrected chi connectivity index (χ1v) is 7.06. The lowest BCUT2D eigenvalue weighted by molar-refractivity contribution is 0.112. The first kappa shape index (κ1) is 16.0. The third kappa shape index (κ3) is 5.20. The molecule has 0 amide bonds. The maximum absolute atomic E-state index is 10.8. The predicted octanol–water partition coefficient (Wildman–Crippen LogP) is 2.99. The van der Waals surface area contributed by atoms with Gasteiger partial charge in [0.1, 0.15) is 6.29 Å². The summed E-state index contributed by atoms with van der Waals surface area (Å²) in [5, 5.41) is 0. The number of hydrogen-bond donors (Lipinski definition) is 0. The molecule has 1 aromatic carbocycles. The van der Waals surface area contributed by atoms with E-state index in [-0.39, 0.29) is 0 Å². The number of ether oxygens (including phenoxy) is 2. The van der Waals surface area contributed by atoms with Gasteiger partial charge in [0, 0.05) is 12.1 Å². The Kier molecular flexibility index (Phi) is 6.87. The number of rotatable bonds is 8. The van der Waals surface area contributed by atoms with Crippen LogP contribution < -0.4 is 9.47 Å². The Morgan fingerprint density at radius 3 is 2.63 bits per heavy atom. The summed E-state index contributed by atoms with van der Waals surface area (Å²) < 4.78 is 12.0. The summed E-state index contributed by atoms with van der Waals surface area (Å²) in [7, 11) is 4.06. The van der Waals surface area contributed by atoms with Crippen molar-refractivity contribution in [3.8, 4) is 11.5 Å². The molecule has 0 bridgehead atoms. The van der Waals surface area contributed by atoms with E-state index in [0.717, 1.165) is 23.7 Å². The quantitative estimate of drug-likeness (QED) is 0.543. The number of aldehydes is 1. The topological polar surface area (TPSA) is 38.8 Å². The lowest BCUT2D eigenvalue weighted by atomic mass is 10.2. The van der Waals surface area contributed by atoms with E-state index in [1.54, 1.807) is 12.1 Å². The van der Waals surface area contributed by atoms with Gasteiger partial charge in [-0.3, -0.25) is 4.79 Å². The normalized spacial score (nSPS) is 10.6. The van der Waals surface area contributed by atoms with Crippen LogP contribution in [0.3, 0.4) is 0 Å². The zero-order valence-corrected chi connectivity index (χ0v) is 13.2. The monoisotopic (exact) mass is 329 g/mol. The van der Waals surface area contributed by atoms with Gasteiger partial charge in [0.15, 0.2) is 11.5 Å². The fourth-order valence-electron chi connectivity index (χ4n) is 1.61. The first-order valence-electron chi connectivity index (χ1n) is 6.27.